The second-order valence-corrected chi connectivity index (χ2v) is 3.65. The van der Waals surface area contributed by atoms with Gasteiger partial charge in [0.1, 0.15) is 12.0 Å². The van der Waals surface area contributed by atoms with Crippen molar-refractivity contribution in [3.8, 4) is 0 Å². The van der Waals surface area contributed by atoms with Crippen LogP contribution in [-0.2, 0) is 6.54 Å². The summed E-state index contributed by atoms with van der Waals surface area (Å²) in [6.07, 6.45) is 5.04. The Morgan fingerprint density at radius 3 is 3.07 bits per heavy atom. The van der Waals surface area contributed by atoms with Crippen molar-refractivity contribution in [1.29, 1.82) is 0 Å². The van der Waals surface area contributed by atoms with Gasteiger partial charge in [0.15, 0.2) is 0 Å². The van der Waals surface area contributed by atoms with Gasteiger partial charge in [0.05, 0.1) is 18.4 Å². The molecule has 72 valence electrons. The van der Waals surface area contributed by atoms with Crippen molar-refractivity contribution < 1.29 is 4.52 Å². The maximum atomic E-state index is 4.71. The minimum absolute atomic E-state index is 0.634. The normalized spacial score (nSPS) is 10.1. The highest BCUT2D eigenvalue weighted by Gasteiger charge is 1.97. The number of halogens is 1. The van der Waals surface area contributed by atoms with Gasteiger partial charge >= 0.3 is 0 Å². The Hall–Kier alpha value is -1.36. The Labute approximate surface area is 89.5 Å². The van der Waals surface area contributed by atoms with Crippen molar-refractivity contribution in [2.75, 3.05) is 5.32 Å². The van der Waals surface area contributed by atoms with Gasteiger partial charge in [0.2, 0.25) is 0 Å². The summed E-state index contributed by atoms with van der Waals surface area (Å²) >= 11 is 3.34. The van der Waals surface area contributed by atoms with Gasteiger partial charge in [-0.05, 0) is 22.0 Å². The van der Waals surface area contributed by atoms with E-state index in [-0.39, 0.29) is 0 Å². The molecule has 14 heavy (non-hydrogen) atoms. The van der Waals surface area contributed by atoms with E-state index in [4.69, 9.17) is 4.52 Å². The highest BCUT2D eigenvalue weighted by Crippen LogP contribution is 2.14. The predicted molar refractivity (Wildman–Crippen MR) is 55.8 cm³/mol. The number of aromatic nitrogens is 2. The Kier molecular flexibility index (Phi) is 2.78. The molecule has 2 aromatic rings. The smallest absolute Gasteiger partial charge is 0.124 e. The predicted octanol–water partition coefficient (Wildman–Crippen LogP) is 2.44. The molecule has 0 unspecified atom stereocenters. The lowest BCUT2D eigenvalue weighted by Gasteiger charge is -2.02. The minimum Gasteiger partial charge on any atom is -0.378 e. The fourth-order valence-corrected chi connectivity index (χ4v) is 1.39. The van der Waals surface area contributed by atoms with E-state index in [1.165, 1.54) is 0 Å². The van der Waals surface area contributed by atoms with Crippen LogP contribution in [-0.4, -0.2) is 10.1 Å². The summed E-state index contributed by atoms with van der Waals surface area (Å²) in [6.45, 7) is 0.634. The van der Waals surface area contributed by atoms with Crippen LogP contribution in [0.5, 0.6) is 0 Å². The molecule has 0 saturated heterocycles. The van der Waals surface area contributed by atoms with Crippen LogP contribution in [0.2, 0.25) is 0 Å². The van der Waals surface area contributed by atoms with Gasteiger partial charge in [-0.3, -0.25) is 4.98 Å². The second-order valence-electron chi connectivity index (χ2n) is 2.74. The molecular formula is C9H8BrN3O. The van der Waals surface area contributed by atoms with Crippen LogP contribution in [0.1, 0.15) is 5.69 Å². The largest absolute Gasteiger partial charge is 0.378 e. The molecule has 5 heteroatoms. The SMILES string of the molecule is Brc1cncc(NCc2ccon2)c1. The van der Waals surface area contributed by atoms with Gasteiger partial charge in [-0.2, -0.15) is 0 Å². The summed E-state index contributed by atoms with van der Waals surface area (Å²) < 4.78 is 5.66. The molecule has 0 radical (unpaired) electrons. The molecule has 2 heterocycles. The summed E-state index contributed by atoms with van der Waals surface area (Å²) in [4.78, 5) is 4.03. The first-order valence-electron chi connectivity index (χ1n) is 4.08. The van der Waals surface area contributed by atoms with Gasteiger partial charge < -0.3 is 9.84 Å². The van der Waals surface area contributed by atoms with Gasteiger partial charge in [-0.1, -0.05) is 5.16 Å². The molecule has 0 fully saturated rings. The lowest BCUT2D eigenvalue weighted by Crippen LogP contribution is -1.99. The van der Waals surface area contributed by atoms with Gasteiger partial charge in [0, 0.05) is 16.7 Å². The van der Waals surface area contributed by atoms with Crippen molar-refractivity contribution in [1.82, 2.24) is 10.1 Å². The fourth-order valence-electron chi connectivity index (χ4n) is 1.03. The summed E-state index contributed by atoms with van der Waals surface area (Å²) in [5.74, 6) is 0. The maximum Gasteiger partial charge on any atom is 0.124 e. The Balaban J connectivity index is 1.98. The van der Waals surface area contributed by atoms with Gasteiger partial charge in [-0.15, -0.1) is 0 Å². The van der Waals surface area contributed by atoms with Crippen LogP contribution >= 0.6 is 15.9 Å². The van der Waals surface area contributed by atoms with Crippen molar-refractivity contribution in [3.63, 3.8) is 0 Å². The number of anilines is 1. The van der Waals surface area contributed by atoms with Crippen molar-refractivity contribution in [2.45, 2.75) is 6.54 Å². The molecule has 0 amide bonds. The van der Waals surface area contributed by atoms with Crippen molar-refractivity contribution >= 4 is 21.6 Å². The van der Waals surface area contributed by atoms with E-state index in [1.54, 1.807) is 18.7 Å². The summed E-state index contributed by atoms with van der Waals surface area (Å²) in [6, 6.07) is 3.77. The van der Waals surface area contributed by atoms with Crippen LogP contribution in [0.15, 0.2) is 39.8 Å². The number of hydrogen-bond donors (Lipinski definition) is 1. The zero-order valence-corrected chi connectivity index (χ0v) is 8.86. The zero-order chi connectivity index (χ0) is 9.80. The number of nitrogens with zero attached hydrogens (tertiary/aromatic N) is 2. The second kappa shape index (κ2) is 4.23. The zero-order valence-electron chi connectivity index (χ0n) is 7.27. The van der Waals surface area contributed by atoms with Gasteiger partial charge in [-0.25, -0.2) is 0 Å². The van der Waals surface area contributed by atoms with Crippen molar-refractivity contribution in [2.24, 2.45) is 0 Å². The topological polar surface area (TPSA) is 51.0 Å². The minimum atomic E-state index is 0.634. The van der Waals surface area contributed by atoms with Gasteiger partial charge in [0.25, 0.3) is 0 Å². The molecule has 0 aliphatic rings. The van der Waals surface area contributed by atoms with Crippen LogP contribution in [0.4, 0.5) is 5.69 Å². The number of rotatable bonds is 3. The molecule has 0 bridgehead atoms. The van der Waals surface area contributed by atoms with Crippen LogP contribution in [0.3, 0.4) is 0 Å². The van der Waals surface area contributed by atoms with E-state index in [9.17, 15) is 0 Å². The third-order valence-electron chi connectivity index (χ3n) is 1.67. The monoisotopic (exact) mass is 253 g/mol. The number of nitrogens with one attached hydrogen (secondary N) is 1. The standard InChI is InChI=1S/C9H8BrN3O/c10-7-3-9(5-11-4-7)12-6-8-1-2-14-13-8/h1-5,12H,6H2. The van der Waals surface area contributed by atoms with E-state index in [1.807, 2.05) is 12.1 Å². The van der Waals surface area contributed by atoms with E-state index in [0.717, 1.165) is 15.9 Å². The Morgan fingerprint density at radius 1 is 1.43 bits per heavy atom. The molecule has 0 atom stereocenters. The first-order valence-corrected chi connectivity index (χ1v) is 4.87. The molecule has 1 N–H and O–H groups in total. The lowest BCUT2D eigenvalue weighted by atomic mass is 10.4. The van der Waals surface area contributed by atoms with Crippen LogP contribution in [0, 0.1) is 0 Å². The highest BCUT2D eigenvalue weighted by molar-refractivity contribution is 9.10. The summed E-state index contributed by atoms with van der Waals surface area (Å²) in [7, 11) is 0. The molecular weight excluding hydrogens is 246 g/mol. The third kappa shape index (κ3) is 2.32. The molecule has 0 spiro atoms. The average Bonchev–Trinajstić information content (AvgIpc) is 2.67. The summed E-state index contributed by atoms with van der Waals surface area (Å²) in [5, 5.41) is 6.96. The molecule has 0 saturated carbocycles. The third-order valence-corrected chi connectivity index (χ3v) is 2.10. The number of hydrogen-bond acceptors (Lipinski definition) is 4. The summed E-state index contributed by atoms with van der Waals surface area (Å²) in [5.41, 5.74) is 1.81. The molecule has 0 aliphatic heterocycles. The molecule has 2 aromatic heterocycles. The Morgan fingerprint density at radius 2 is 2.36 bits per heavy atom. The molecule has 2 rings (SSSR count). The van der Waals surface area contributed by atoms with E-state index in [0.29, 0.717) is 6.54 Å². The first-order chi connectivity index (χ1) is 6.84. The quantitative estimate of drug-likeness (QED) is 0.913. The van der Waals surface area contributed by atoms with E-state index < -0.39 is 0 Å². The fraction of sp³-hybridized carbons (Fsp3) is 0.111. The maximum absolute atomic E-state index is 4.71. The van der Waals surface area contributed by atoms with Crippen LogP contribution in [0.25, 0.3) is 0 Å². The first kappa shape index (κ1) is 9.21. The molecule has 0 aromatic carbocycles. The molecule has 0 aliphatic carbocycles. The molecule has 4 nitrogen and oxygen atoms in total. The average molecular weight is 254 g/mol. The lowest BCUT2D eigenvalue weighted by molar-refractivity contribution is 0.412. The highest BCUT2D eigenvalue weighted by atomic mass is 79.9. The van der Waals surface area contributed by atoms with Crippen molar-refractivity contribution in [3.05, 3.63) is 41.0 Å². The van der Waals surface area contributed by atoms with Crippen LogP contribution < -0.4 is 5.32 Å². The van der Waals surface area contributed by atoms with E-state index in [2.05, 4.69) is 31.4 Å². The number of pyridine rings is 1. The van der Waals surface area contributed by atoms with E-state index >= 15 is 0 Å². The Bertz CT molecular complexity index is 402.